The molecule has 5 heteroatoms. The highest BCUT2D eigenvalue weighted by Gasteiger charge is 2.31. The van der Waals surface area contributed by atoms with Crippen molar-refractivity contribution >= 4 is 11.5 Å². The molecule has 1 aliphatic rings. The molecule has 0 saturated heterocycles. The van der Waals surface area contributed by atoms with Crippen molar-refractivity contribution in [1.29, 1.82) is 0 Å². The molecule has 0 radical (unpaired) electrons. The molecule has 1 atom stereocenters. The van der Waals surface area contributed by atoms with E-state index < -0.39 is 17.6 Å². The van der Waals surface area contributed by atoms with Crippen molar-refractivity contribution in [3.63, 3.8) is 0 Å². The van der Waals surface area contributed by atoms with Gasteiger partial charge in [0.2, 0.25) is 5.78 Å². The third-order valence-electron chi connectivity index (χ3n) is 2.68. The first kappa shape index (κ1) is 15.4. The number of ether oxygens (including phenoxy) is 1. The molecule has 1 aliphatic carbocycles. The van der Waals surface area contributed by atoms with Gasteiger partial charge in [0, 0.05) is 11.8 Å². The Hall–Kier alpha value is -1.65. The summed E-state index contributed by atoms with van der Waals surface area (Å²) in [6, 6.07) is 0. The fourth-order valence-electron chi connectivity index (χ4n) is 1.56. The summed E-state index contributed by atoms with van der Waals surface area (Å²) in [5.74, 6) is -0.197. The molecule has 0 N–H and O–H groups in total. The van der Waals surface area contributed by atoms with Gasteiger partial charge in [0.05, 0.1) is 5.71 Å². The Bertz CT molecular complexity index is 444. The van der Waals surface area contributed by atoms with E-state index >= 15 is 0 Å². The molecule has 106 valence electrons. The monoisotopic (exact) mass is 269 g/mol. The summed E-state index contributed by atoms with van der Waals surface area (Å²) >= 11 is 0. The summed E-state index contributed by atoms with van der Waals surface area (Å²) in [7, 11) is 1.46. The standard InChI is InChI=1S/C14H20FNO3/c1-9-8-10(16-18-5)6-7-11(9)19-13(15)12(17)14(2,3)4/h6-7,13H,8H2,1-5H3. The first-order chi connectivity index (χ1) is 8.75. The molecule has 0 aromatic heterocycles. The maximum atomic E-state index is 13.8. The molecule has 0 bridgehead atoms. The second kappa shape index (κ2) is 5.99. The van der Waals surface area contributed by atoms with Crippen molar-refractivity contribution in [3.05, 3.63) is 23.5 Å². The van der Waals surface area contributed by atoms with Crippen LogP contribution in [0.2, 0.25) is 0 Å². The normalized spacial score (nSPS) is 19.6. The number of hydrogen-bond acceptors (Lipinski definition) is 4. The van der Waals surface area contributed by atoms with Crippen LogP contribution < -0.4 is 0 Å². The van der Waals surface area contributed by atoms with Crippen LogP contribution in [0.5, 0.6) is 0 Å². The highest BCUT2D eigenvalue weighted by molar-refractivity contribution is 5.97. The molecular formula is C14H20FNO3. The fraction of sp³-hybridized carbons (Fsp3) is 0.571. The van der Waals surface area contributed by atoms with Crippen LogP contribution in [0.15, 0.2) is 28.6 Å². The Balaban J connectivity index is 2.74. The summed E-state index contributed by atoms with van der Waals surface area (Å²) in [4.78, 5) is 16.4. The summed E-state index contributed by atoms with van der Waals surface area (Å²) in [5, 5.41) is 3.80. The number of Topliss-reactive ketones (excluding diaryl/α,β-unsaturated/α-hetero) is 1. The van der Waals surface area contributed by atoms with Gasteiger partial charge in [0.25, 0.3) is 6.36 Å². The Kier molecular flexibility index (Phi) is 4.86. The smallest absolute Gasteiger partial charge is 0.297 e. The lowest BCUT2D eigenvalue weighted by atomic mass is 9.91. The van der Waals surface area contributed by atoms with Gasteiger partial charge in [-0.1, -0.05) is 25.9 Å². The molecular weight excluding hydrogens is 249 g/mol. The maximum Gasteiger partial charge on any atom is 0.297 e. The minimum Gasteiger partial charge on any atom is -0.453 e. The molecule has 1 unspecified atom stereocenters. The van der Waals surface area contributed by atoms with Gasteiger partial charge in [-0.3, -0.25) is 4.79 Å². The number of halogens is 1. The molecule has 0 aliphatic heterocycles. The van der Waals surface area contributed by atoms with E-state index in [1.165, 1.54) is 7.11 Å². The number of carbonyl (C=O) groups is 1. The molecule has 0 aromatic rings. The number of oxime groups is 1. The highest BCUT2D eigenvalue weighted by Crippen LogP contribution is 2.24. The third kappa shape index (κ3) is 4.19. The van der Waals surface area contributed by atoms with E-state index in [9.17, 15) is 9.18 Å². The largest absolute Gasteiger partial charge is 0.453 e. The lowest BCUT2D eigenvalue weighted by Crippen LogP contribution is -2.31. The highest BCUT2D eigenvalue weighted by atomic mass is 19.1. The first-order valence-corrected chi connectivity index (χ1v) is 6.08. The fourth-order valence-corrected chi connectivity index (χ4v) is 1.56. The number of ketones is 1. The van der Waals surface area contributed by atoms with Crippen LogP contribution in [0, 0.1) is 5.41 Å². The van der Waals surface area contributed by atoms with Crippen molar-refractivity contribution in [1.82, 2.24) is 0 Å². The van der Waals surface area contributed by atoms with Gasteiger partial charge in [-0.2, -0.15) is 4.39 Å². The van der Waals surface area contributed by atoms with Crippen LogP contribution in [0.25, 0.3) is 0 Å². The van der Waals surface area contributed by atoms with Crippen molar-refractivity contribution < 1.29 is 18.8 Å². The first-order valence-electron chi connectivity index (χ1n) is 6.08. The minimum absolute atomic E-state index is 0.375. The van der Waals surface area contributed by atoms with E-state index in [0.717, 1.165) is 11.3 Å². The lowest BCUT2D eigenvalue weighted by molar-refractivity contribution is -0.145. The average molecular weight is 269 g/mol. The SMILES string of the molecule is CON=C1C=CC(OC(F)C(=O)C(C)(C)C)=C(C)C1. The zero-order chi connectivity index (χ0) is 14.6. The van der Waals surface area contributed by atoms with Gasteiger partial charge in [-0.05, 0) is 24.6 Å². The van der Waals surface area contributed by atoms with Gasteiger partial charge in [0.1, 0.15) is 12.9 Å². The van der Waals surface area contributed by atoms with Crippen molar-refractivity contribution in [2.45, 2.75) is 40.5 Å². The third-order valence-corrected chi connectivity index (χ3v) is 2.68. The molecule has 0 aromatic carbocycles. The Morgan fingerprint density at radius 3 is 2.53 bits per heavy atom. The van der Waals surface area contributed by atoms with E-state index in [4.69, 9.17) is 4.74 Å². The molecule has 1 rings (SSSR count). The molecule has 0 amide bonds. The second-order valence-corrected chi connectivity index (χ2v) is 5.47. The van der Waals surface area contributed by atoms with Gasteiger partial charge < -0.3 is 9.57 Å². The summed E-state index contributed by atoms with van der Waals surface area (Å²) < 4.78 is 18.9. The number of hydrogen-bond donors (Lipinski definition) is 0. The molecule has 0 fully saturated rings. The van der Waals surface area contributed by atoms with Gasteiger partial charge in [-0.25, -0.2) is 0 Å². The average Bonchev–Trinajstić information content (AvgIpc) is 2.30. The van der Waals surface area contributed by atoms with Crippen LogP contribution in [0.3, 0.4) is 0 Å². The Morgan fingerprint density at radius 2 is 2.05 bits per heavy atom. The van der Waals surface area contributed by atoms with Crippen molar-refractivity contribution in [2.75, 3.05) is 7.11 Å². The number of nitrogens with zero attached hydrogens (tertiary/aromatic N) is 1. The quantitative estimate of drug-likeness (QED) is 0.736. The number of alkyl halides is 1. The predicted octanol–water partition coefficient (Wildman–Crippen LogP) is 3.15. The van der Waals surface area contributed by atoms with Crippen molar-refractivity contribution in [3.8, 4) is 0 Å². The zero-order valence-electron chi connectivity index (χ0n) is 12.0. The van der Waals surface area contributed by atoms with Gasteiger partial charge >= 0.3 is 0 Å². The van der Waals surface area contributed by atoms with Gasteiger partial charge in [-0.15, -0.1) is 0 Å². The van der Waals surface area contributed by atoms with E-state index in [1.54, 1.807) is 39.8 Å². The molecule has 0 saturated carbocycles. The zero-order valence-corrected chi connectivity index (χ0v) is 12.0. The maximum absolute atomic E-state index is 13.8. The van der Waals surface area contributed by atoms with Crippen LogP contribution in [0.4, 0.5) is 4.39 Å². The van der Waals surface area contributed by atoms with Crippen molar-refractivity contribution in [2.24, 2.45) is 10.6 Å². The Labute approximate surface area is 113 Å². The number of rotatable bonds is 4. The molecule has 4 nitrogen and oxygen atoms in total. The van der Waals surface area contributed by atoms with Gasteiger partial charge in [0.15, 0.2) is 0 Å². The summed E-state index contributed by atoms with van der Waals surface area (Å²) in [6.45, 7) is 6.78. The van der Waals surface area contributed by atoms with Crippen LogP contribution in [-0.2, 0) is 14.4 Å². The topological polar surface area (TPSA) is 47.9 Å². The number of carbonyl (C=O) groups excluding carboxylic acids is 1. The summed E-state index contributed by atoms with van der Waals surface area (Å²) in [6.07, 6.45) is 1.84. The van der Waals surface area contributed by atoms with Crippen LogP contribution in [-0.4, -0.2) is 25.0 Å². The number of allylic oxidation sites excluding steroid dienone is 3. The molecule has 0 spiro atoms. The minimum atomic E-state index is -1.95. The lowest BCUT2D eigenvalue weighted by Gasteiger charge is -2.22. The van der Waals surface area contributed by atoms with E-state index in [1.807, 2.05) is 0 Å². The van der Waals surface area contributed by atoms with E-state index in [-0.39, 0.29) is 0 Å². The van der Waals surface area contributed by atoms with Crippen LogP contribution >= 0.6 is 0 Å². The van der Waals surface area contributed by atoms with E-state index in [2.05, 4.69) is 9.99 Å². The predicted molar refractivity (Wildman–Crippen MR) is 71.3 cm³/mol. The summed E-state index contributed by atoms with van der Waals surface area (Å²) in [5.41, 5.74) is 0.766. The Morgan fingerprint density at radius 1 is 1.42 bits per heavy atom. The molecule has 19 heavy (non-hydrogen) atoms. The van der Waals surface area contributed by atoms with Crippen LogP contribution in [0.1, 0.15) is 34.1 Å². The van der Waals surface area contributed by atoms with E-state index in [0.29, 0.717) is 12.2 Å². The second-order valence-electron chi connectivity index (χ2n) is 5.47. The molecule has 0 heterocycles.